The number of rotatable bonds is 7. The molecular weight excluding hydrogens is 333 g/mol. The molecule has 0 amide bonds. The molecule has 0 bridgehead atoms. The van der Waals surface area contributed by atoms with Gasteiger partial charge in [0.05, 0.1) is 5.92 Å². The molecule has 0 saturated heterocycles. The highest BCUT2D eigenvalue weighted by Gasteiger charge is 2.42. The number of alkyl halides is 1. The third kappa shape index (κ3) is 4.56. The summed E-state index contributed by atoms with van der Waals surface area (Å²) in [6.07, 6.45) is 6.56. The monoisotopic (exact) mass is 357 g/mol. The molecule has 0 aromatic carbocycles. The molecule has 1 aromatic rings. The van der Waals surface area contributed by atoms with Gasteiger partial charge in [-0.1, -0.05) is 37.3 Å². The third-order valence-corrected chi connectivity index (χ3v) is 6.15. The number of ether oxygens (including phenoxy) is 2. The van der Waals surface area contributed by atoms with Gasteiger partial charge in [0.25, 0.3) is 0 Å². The van der Waals surface area contributed by atoms with Gasteiger partial charge in [-0.2, -0.15) is 0 Å². The van der Waals surface area contributed by atoms with Crippen LogP contribution in [0.1, 0.15) is 11.6 Å². The maximum absolute atomic E-state index is 14.4. The van der Waals surface area contributed by atoms with Gasteiger partial charge < -0.3 is 14.0 Å². The van der Waals surface area contributed by atoms with E-state index in [0.717, 1.165) is 11.7 Å². The minimum Gasteiger partial charge on any atom is -0.361 e. The van der Waals surface area contributed by atoms with E-state index < -0.39 is 19.1 Å². The van der Waals surface area contributed by atoms with Crippen LogP contribution in [0.4, 0.5) is 4.39 Å². The van der Waals surface area contributed by atoms with E-state index in [1.165, 1.54) is 13.2 Å². The Labute approximate surface area is 143 Å². The first kappa shape index (κ1) is 18.5. The number of methoxy groups -OCH3 is 1. The molecule has 0 N–H and O–H groups in total. The molecule has 0 aliphatic heterocycles. The molecule has 2 unspecified atom stereocenters. The summed E-state index contributed by atoms with van der Waals surface area (Å²) in [5.41, 5.74) is 0.743. The summed E-state index contributed by atoms with van der Waals surface area (Å²) in [4.78, 5) is 0. The first-order valence-corrected chi connectivity index (χ1v) is 11.9. The standard InChI is InChI=1S/C17H25ClFNO2Si/c1-21-17(18)9-5-7-14(19)16(17)15-8-6-10-20(15)13-22-11-12-23(2,3)4/h5-10,16H,11-13H2,1-4H3. The summed E-state index contributed by atoms with van der Waals surface area (Å²) in [6.45, 7) is 8.04. The van der Waals surface area contributed by atoms with E-state index in [1.54, 1.807) is 12.2 Å². The zero-order valence-electron chi connectivity index (χ0n) is 14.2. The molecule has 2 rings (SSSR count). The van der Waals surface area contributed by atoms with E-state index in [0.29, 0.717) is 13.3 Å². The predicted octanol–water partition coefficient (Wildman–Crippen LogP) is 4.89. The van der Waals surface area contributed by atoms with Crippen LogP contribution in [0.2, 0.25) is 25.7 Å². The number of allylic oxidation sites excluding steroid dienone is 2. The first-order chi connectivity index (χ1) is 10.8. The topological polar surface area (TPSA) is 23.4 Å². The van der Waals surface area contributed by atoms with Gasteiger partial charge in [0, 0.05) is 33.7 Å². The van der Waals surface area contributed by atoms with Crippen LogP contribution in [0, 0.1) is 0 Å². The molecule has 3 nitrogen and oxygen atoms in total. The Bertz CT molecular complexity index is 594. The molecular formula is C17H25ClFNO2Si. The average Bonchev–Trinajstić information content (AvgIpc) is 2.90. The lowest BCUT2D eigenvalue weighted by Gasteiger charge is -2.33. The van der Waals surface area contributed by atoms with Gasteiger partial charge in [-0.25, -0.2) is 4.39 Å². The average molecular weight is 358 g/mol. The third-order valence-electron chi connectivity index (χ3n) is 3.95. The Kier molecular flexibility index (Phi) is 5.89. The summed E-state index contributed by atoms with van der Waals surface area (Å²) in [6, 6.07) is 4.83. The highest BCUT2D eigenvalue weighted by Crippen LogP contribution is 2.44. The van der Waals surface area contributed by atoms with Gasteiger partial charge in [0.1, 0.15) is 12.6 Å². The van der Waals surface area contributed by atoms with E-state index in [2.05, 4.69) is 19.6 Å². The maximum Gasteiger partial charge on any atom is 0.174 e. The Morgan fingerprint density at radius 3 is 2.78 bits per heavy atom. The molecule has 0 spiro atoms. The fourth-order valence-electron chi connectivity index (χ4n) is 2.53. The zero-order valence-corrected chi connectivity index (χ0v) is 15.9. The zero-order chi connectivity index (χ0) is 17.1. The molecule has 2 atom stereocenters. The van der Waals surface area contributed by atoms with Crippen LogP contribution in [0.3, 0.4) is 0 Å². The predicted molar refractivity (Wildman–Crippen MR) is 95.2 cm³/mol. The van der Waals surface area contributed by atoms with Gasteiger partial charge in [0.15, 0.2) is 5.06 Å². The first-order valence-electron chi connectivity index (χ1n) is 7.78. The van der Waals surface area contributed by atoms with Crippen LogP contribution < -0.4 is 0 Å². The number of hydrogen-bond acceptors (Lipinski definition) is 2. The molecule has 0 fully saturated rings. The van der Waals surface area contributed by atoms with Crippen LogP contribution >= 0.6 is 11.6 Å². The lowest BCUT2D eigenvalue weighted by atomic mass is 9.92. The molecule has 6 heteroatoms. The van der Waals surface area contributed by atoms with E-state index >= 15 is 0 Å². The Morgan fingerprint density at radius 1 is 1.39 bits per heavy atom. The minimum absolute atomic E-state index is 0.314. The quantitative estimate of drug-likeness (QED) is 0.394. The Morgan fingerprint density at radius 2 is 2.13 bits per heavy atom. The van der Waals surface area contributed by atoms with Crippen LogP contribution in [-0.2, 0) is 16.2 Å². The second-order valence-electron chi connectivity index (χ2n) is 7.00. The molecule has 1 aromatic heterocycles. The SMILES string of the molecule is COC1(Cl)C=CC=C(F)C1c1cccn1COCC[Si](C)(C)C. The van der Waals surface area contributed by atoms with Crippen molar-refractivity contribution < 1.29 is 13.9 Å². The summed E-state index contributed by atoms with van der Waals surface area (Å²) >= 11 is 6.47. The van der Waals surface area contributed by atoms with Crippen LogP contribution in [0.25, 0.3) is 0 Å². The van der Waals surface area contributed by atoms with E-state index in [4.69, 9.17) is 21.1 Å². The van der Waals surface area contributed by atoms with Crippen molar-refractivity contribution in [2.75, 3.05) is 13.7 Å². The van der Waals surface area contributed by atoms with Crippen molar-refractivity contribution in [2.45, 2.75) is 43.4 Å². The van der Waals surface area contributed by atoms with Crippen molar-refractivity contribution in [2.24, 2.45) is 0 Å². The largest absolute Gasteiger partial charge is 0.361 e. The number of nitrogens with zero attached hydrogens (tertiary/aromatic N) is 1. The van der Waals surface area contributed by atoms with Crippen molar-refractivity contribution in [3.8, 4) is 0 Å². The fourth-order valence-corrected chi connectivity index (χ4v) is 3.57. The number of hydrogen-bond donors (Lipinski definition) is 0. The maximum atomic E-state index is 14.4. The Balaban J connectivity index is 2.11. The second kappa shape index (κ2) is 7.34. The van der Waals surface area contributed by atoms with Crippen LogP contribution in [0.5, 0.6) is 0 Å². The highest BCUT2D eigenvalue weighted by atomic mass is 35.5. The van der Waals surface area contributed by atoms with E-state index in [9.17, 15) is 4.39 Å². The molecule has 1 aliphatic carbocycles. The number of halogens is 2. The summed E-state index contributed by atoms with van der Waals surface area (Å²) < 4.78 is 27.4. The van der Waals surface area contributed by atoms with Crippen molar-refractivity contribution in [3.63, 3.8) is 0 Å². The molecule has 128 valence electrons. The van der Waals surface area contributed by atoms with Crippen LogP contribution in [0.15, 0.2) is 42.4 Å². The lowest BCUT2D eigenvalue weighted by Crippen LogP contribution is -2.34. The van der Waals surface area contributed by atoms with E-state index in [1.807, 2.05) is 22.9 Å². The minimum atomic E-state index is -1.22. The molecule has 1 aliphatic rings. The highest BCUT2D eigenvalue weighted by molar-refractivity contribution is 6.76. The molecule has 1 heterocycles. The summed E-state index contributed by atoms with van der Waals surface area (Å²) in [5, 5.41) is -1.22. The Hall–Kier alpha value is -0.883. The van der Waals surface area contributed by atoms with Crippen molar-refractivity contribution in [3.05, 3.63) is 48.1 Å². The van der Waals surface area contributed by atoms with Crippen molar-refractivity contribution >= 4 is 19.7 Å². The molecule has 0 radical (unpaired) electrons. The second-order valence-corrected chi connectivity index (χ2v) is 13.2. The van der Waals surface area contributed by atoms with Gasteiger partial charge in [-0.05, 0) is 30.3 Å². The summed E-state index contributed by atoms with van der Waals surface area (Å²) in [7, 11) is 0.368. The van der Waals surface area contributed by atoms with Gasteiger partial charge in [-0.3, -0.25) is 0 Å². The van der Waals surface area contributed by atoms with Gasteiger partial charge >= 0.3 is 0 Å². The lowest BCUT2D eigenvalue weighted by molar-refractivity contribution is 0.0659. The molecule has 0 saturated carbocycles. The van der Waals surface area contributed by atoms with E-state index in [-0.39, 0.29) is 5.83 Å². The van der Waals surface area contributed by atoms with Crippen molar-refractivity contribution in [1.29, 1.82) is 0 Å². The number of aromatic nitrogens is 1. The van der Waals surface area contributed by atoms with Crippen LogP contribution in [-0.4, -0.2) is 31.4 Å². The van der Waals surface area contributed by atoms with Gasteiger partial charge in [-0.15, -0.1) is 0 Å². The summed E-state index contributed by atoms with van der Waals surface area (Å²) in [5.74, 6) is -0.999. The fraction of sp³-hybridized carbons (Fsp3) is 0.529. The normalized spacial score (nSPS) is 24.8. The van der Waals surface area contributed by atoms with Gasteiger partial charge in [0.2, 0.25) is 0 Å². The van der Waals surface area contributed by atoms with Crippen molar-refractivity contribution in [1.82, 2.24) is 4.57 Å². The smallest absolute Gasteiger partial charge is 0.174 e. The molecule has 23 heavy (non-hydrogen) atoms.